The van der Waals surface area contributed by atoms with Crippen LogP contribution in [0.1, 0.15) is 17.0 Å². The number of hydrogen-bond donors (Lipinski definition) is 1. The summed E-state index contributed by atoms with van der Waals surface area (Å²) in [6.07, 6.45) is 3.35. The summed E-state index contributed by atoms with van der Waals surface area (Å²) in [5, 5.41) is 11.3. The van der Waals surface area contributed by atoms with E-state index in [-0.39, 0.29) is 4.92 Å². The number of benzene rings is 1. The molecule has 0 unspecified atom stereocenters. The van der Waals surface area contributed by atoms with Crippen molar-refractivity contribution in [2.75, 3.05) is 0 Å². The van der Waals surface area contributed by atoms with Gasteiger partial charge in [0.2, 0.25) is 0 Å². The molecule has 0 atom stereocenters. The topological polar surface area (TPSA) is 46.0 Å². The van der Waals surface area contributed by atoms with Gasteiger partial charge in [-0.15, -0.1) is 0 Å². The van der Waals surface area contributed by atoms with Crippen LogP contribution in [0.15, 0.2) is 79.1 Å². The minimum absolute atomic E-state index is 0.278. The zero-order valence-electron chi connectivity index (χ0n) is 12.4. The zero-order valence-corrected chi connectivity index (χ0v) is 20.3. The molecule has 124 valence electrons. The van der Waals surface area contributed by atoms with E-state index in [4.69, 9.17) is 0 Å². The van der Waals surface area contributed by atoms with Gasteiger partial charge in [0.1, 0.15) is 0 Å². The average molecular weight is 694 g/mol. The van der Waals surface area contributed by atoms with Crippen LogP contribution in [0, 0.1) is 0 Å². The Morgan fingerprint density at radius 2 is 1.12 bits per heavy atom. The number of hydrogen-bond acceptors (Lipinski definition) is 3. The second-order valence-electron chi connectivity index (χ2n) is 4.70. The zero-order chi connectivity index (χ0) is 17.4. The fraction of sp³-hybridized carbons (Fsp3) is 0.0588. The van der Waals surface area contributed by atoms with Crippen molar-refractivity contribution in [2.24, 2.45) is 0 Å². The molecule has 24 heavy (non-hydrogen) atoms. The van der Waals surface area contributed by atoms with Crippen molar-refractivity contribution in [1.82, 2.24) is 9.97 Å². The fourth-order valence-corrected chi connectivity index (χ4v) is 2.26. The maximum atomic E-state index is 11.3. The normalized spacial score (nSPS) is 10.9. The average Bonchev–Trinajstić information content (AvgIpc) is 2.63. The molecule has 0 saturated heterocycles. The molecule has 0 fully saturated rings. The summed E-state index contributed by atoms with van der Waals surface area (Å²) < 4.78 is 0. The third-order valence-electron chi connectivity index (χ3n) is 3.26. The van der Waals surface area contributed by atoms with Crippen LogP contribution in [0.25, 0.3) is 0 Å². The molecule has 1 N–H and O–H groups in total. The minimum atomic E-state index is -1.34. The van der Waals surface area contributed by atoms with Gasteiger partial charge in [-0.05, 0) is 29.8 Å². The summed E-state index contributed by atoms with van der Waals surface area (Å²) in [7, 11) is 0. The van der Waals surface area contributed by atoms with Crippen molar-refractivity contribution in [1.29, 1.82) is 0 Å². The van der Waals surface area contributed by atoms with E-state index in [1.807, 2.05) is 66.7 Å². The molecule has 2 heterocycles. The Hall–Kier alpha value is 0.254. The van der Waals surface area contributed by atoms with Crippen LogP contribution in [0.3, 0.4) is 0 Å². The number of rotatable bonds is 3. The molecule has 0 spiro atoms. The molecular weight excluding hydrogens is 680 g/mol. The Morgan fingerprint density at radius 1 is 0.708 bits per heavy atom. The number of nitrogens with zero attached hydrogens (tertiary/aromatic N) is 2. The van der Waals surface area contributed by atoms with Gasteiger partial charge < -0.3 is 5.11 Å². The van der Waals surface area contributed by atoms with E-state index in [0.29, 0.717) is 11.4 Å². The molecule has 2 aromatic heterocycles. The Bertz CT molecular complexity index is 631. The van der Waals surface area contributed by atoms with Crippen LogP contribution in [-0.2, 0) is 10.5 Å². The maximum absolute atomic E-state index is 11.3. The molecule has 0 amide bonds. The van der Waals surface area contributed by atoms with E-state index in [2.05, 4.69) is 69.9 Å². The third-order valence-corrected chi connectivity index (χ3v) is 3.26. The third kappa shape index (κ3) is 5.63. The molecule has 0 aliphatic heterocycles. The van der Waals surface area contributed by atoms with Gasteiger partial charge >= 0.3 is 64.9 Å². The summed E-state index contributed by atoms with van der Waals surface area (Å²) in [5.74, 6) is 0. The molecule has 0 aliphatic rings. The molecule has 0 radical (unpaired) electrons. The first-order chi connectivity index (χ1) is 11.5. The van der Waals surface area contributed by atoms with Crippen LogP contribution >= 0.6 is 59.9 Å². The van der Waals surface area contributed by atoms with Gasteiger partial charge in [-0.25, -0.2) is 0 Å². The van der Waals surface area contributed by atoms with E-state index in [1.165, 1.54) is 0 Å². The van der Waals surface area contributed by atoms with Gasteiger partial charge in [-0.2, -0.15) is 0 Å². The summed E-state index contributed by atoms with van der Waals surface area (Å²) in [6.45, 7) is 0. The number of aromatic nitrogens is 2. The van der Waals surface area contributed by atoms with Crippen molar-refractivity contribution in [3.8, 4) is 0 Å². The summed E-state index contributed by atoms with van der Waals surface area (Å²) >= 11 is 7.39. The van der Waals surface area contributed by atoms with E-state index >= 15 is 0 Å². The van der Waals surface area contributed by atoms with Gasteiger partial charge in [-0.1, -0.05) is 42.5 Å². The van der Waals surface area contributed by atoms with Crippen molar-refractivity contribution >= 4 is 59.9 Å². The molecule has 7 heteroatoms. The Labute approximate surface area is 179 Å². The second-order valence-corrected chi connectivity index (χ2v) is 40.1. The van der Waals surface area contributed by atoms with Crippen LogP contribution in [-0.4, -0.2) is 15.1 Å². The predicted molar refractivity (Wildman–Crippen MR) is 119 cm³/mol. The molecular formula is C17H14I3N2OV. The quantitative estimate of drug-likeness (QED) is 0.374. The Balaban J connectivity index is 0.000000471. The first kappa shape index (κ1) is 20.6. The molecule has 1 aromatic carbocycles. The van der Waals surface area contributed by atoms with Gasteiger partial charge in [0, 0.05) is 12.4 Å². The van der Waals surface area contributed by atoms with Gasteiger partial charge in [-0.3, -0.25) is 9.97 Å². The van der Waals surface area contributed by atoms with Gasteiger partial charge in [0.05, 0.1) is 11.4 Å². The summed E-state index contributed by atoms with van der Waals surface area (Å²) in [6, 6.07) is 20.5. The second kappa shape index (κ2) is 10.4. The number of halogens is 3. The Morgan fingerprint density at radius 3 is 1.50 bits per heavy atom. The molecule has 0 bridgehead atoms. The van der Waals surface area contributed by atoms with Crippen molar-refractivity contribution in [3.63, 3.8) is 0 Å². The van der Waals surface area contributed by atoms with Crippen molar-refractivity contribution in [2.45, 2.75) is 5.60 Å². The van der Waals surface area contributed by atoms with E-state index in [0.717, 1.165) is 5.56 Å². The van der Waals surface area contributed by atoms with Gasteiger partial charge in [0.15, 0.2) is 5.60 Å². The van der Waals surface area contributed by atoms with Crippen molar-refractivity contribution in [3.05, 3.63) is 96.1 Å². The number of aliphatic hydroxyl groups is 1. The molecule has 3 nitrogen and oxygen atoms in total. The monoisotopic (exact) mass is 694 g/mol. The Kier molecular flexibility index (Phi) is 8.92. The molecule has 3 rings (SSSR count). The SMILES string of the molecule is OC(c1ccccc1)(c1ccccn1)c1ccccn1.[I][V]([I])[I]. The number of pyridine rings is 2. The first-order valence-corrected chi connectivity index (χ1v) is 20.5. The molecule has 3 aromatic rings. The molecule has 0 aliphatic carbocycles. The van der Waals surface area contributed by atoms with Gasteiger partial charge in [0.25, 0.3) is 0 Å². The molecule has 0 saturated carbocycles. The van der Waals surface area contributed by atoms with Crippen LogP contribution in [0.4, 0.5) is 0 Å². The van der Waals surface area contributed by atoms with E-state index < -0.39 is 5.60 Å². The van der Waals surface area contributed by atoms with E-state index in [1.54, 1.807) is 12.4 Å². The predicted octanol–water partition coefficient (Wildman–Crippen LogP) is 5.42. The van der Waals surface area contributed by atoms with Crippen molar-refractivity contribution < 1.29 is 10.0 Å². The first-order valence-electron chi connectivity index (χ1n) is 6.93. The standard InChI is InChI=1S/C17H14N2O.3HI.V/c20-17(14-8-2-1-3-9-14,15-10-4-6-12-18-15)16-11-5-7-13-19-16;;;;/h1-13,20H;3*1H;/q;;;;+3/p-3. The van der Waals surface area contributed by atoms with Crippen LogP contribution < -0.4 is 0 Å². The van der Waals surface area contributed by atoms with E-state index in [9.17, 15) is 5.11 Å². The summed E-state index contributed by atoms with van der Waals surface area (Å²) in [4.78, 5) is 8.35. The fourth-order valence-electron chi connectivity index (χ4n) is 2.26. The van der Waals surface area contributed by atoms with Crippen LogP contribution in [0.5, 0.6) is 0 Å². The summed E-state index contributed by atoms with van der Waals surface area (Å²) in [5.41, 5.74) is 0.524. The van der Waals surface area contributed by atoms with Crippen LogP contribution in [0.2, 0.25) is 0 Å².